The van der Waals surface area contributed by atoms with Gasteiger partial charge in [-0.1, -0.05) is 30.3 Å². The maximum atomic E-state index is 12.6. The zero-order chi connectivity index (χ0) is 41.1. The SMILES string of the molecule is Cc1ccccc1N=c1nc(Cl)[nH]c(=Nc2cc(S(=O)(=O)O)cc3cc(S(=O)(=O)O)c(N=Nc4cc(S(=O)(=O)O)c5cccc(S(=O)(=O)O)c5c4O)c(O)c23)[nH]1. The number of nitrogens with zero attached hydrogens (tertiary/aromatic N) is 5. The van der Waals surface area contributed by atoms with Gasteiger partial charge in [0.05, 0.1) is 21.7 Å². The van der Waals surface area contributed by atoms with Gasteiger partial charge in [0.25, 0.3) is 40.5 Å². The molecule has 0 spiro atoms. The third-order valence-corrected chi connectivity index (χ3v) is 11.4. The summed E-state index contributed by atoms with van der Waals surface area (Å²) in [6, 6.07) is 12.1. The molecule has 21 nitrogen and oxygen atoms in total. The van der Waals surface area contributed by atoms with Gasteiger partial charge in [0.15, 0.2) is 11.5 Å². The van der Waals surface area contributed by atoms with Crippen LogP contribution in [0.2, 0.25) is 5.28 Å². The molecule has 0 aliphatic rings. The number of hydrogen-bond donors (Lipinski definition) is 8. The minimum atomic E-state index is -5.44. The topological polar surface area (TPSA) is 352 Å². The number of phenolic OH excluding ortho intramolecular Hbond substituents is 2. The standard InChI is InChI=1S/C30H22ClN7O14S4/c1-13-5-2-3-7-17(13)32-29-34-28(31)35-30(36-29)33-18-11-15(53(41,42)43)9-14-10-22(56(50,51)52)25(27(40)23(14)18)38-37-19-12-21(55(47,48)49)16-6-4-8-20(54(44,45)46)24(16)26(19)39/h2-12,39-40H,1H3,(H,41,42,43)(H,44,45,46)(H,47,48,49)(H,50,51,52)(H2,32,33,34,35,36). The van der Waals surface area contributed by atoms with E-state index in [1.165, 1.54) is 0 Å². The molecule has 0 radical (unpaired) electrons. The van der Waals surface area contributed by atoms with Crippen LogP contribution in [0.15, 0.2) is 107 Å². The van der Waals surface area contributed by atoms with Crippen molar-refractivity contribution in [2.75, 3.05) is 0 Å². The third-order valence-electron chi connectivity index (χ3n) is 7.76. The number of aromatic nitrogens is 3. The predicted octanol–water partition coefficient (Wildman–Crippen LogP) is 4.28. The van der Waals surface area contributed by atoms with E-state index < -0.39 is 110 Å². The Labute approximate surface area is 319 Å². The van der Waals surface area contributed by atoms with Gasteiger partial charge in [0, 0.05) is 10.8 Å². The number of azo groups is 1. The van der Waals surface area contributed by atoms with E-state index in [1.54, 1.807) is 31.2 Å². The van der Waals surface area contributed by atoms with Gasteiger partial charge in [-0.2, -0.15) is 38.7 Å². The van der Waals surface area contributed by atoms with E-state index in [2.05, 4.69) is 35.2 Å². The van der Waals surface area contributed by atoms with Crippen LogP contribution in [0.4, 0.5) is 22.7 Å². The van der Waals surface area contributed by atoms with Gasteiger partial charge in [-0.25, -0.2) is 9.98 Å². The number of aromatic amines is 2. The van der Waals surface area contributed by atoms with Crippen molar-refractivity contribution < 1.29 is 62.1 Å². The number of hydrogen-bond acceptors (Lipinski definition) is 15. The lowest BCUT2D eigenvalue weighted by Gasteiger charge is -2.13. The van der Waals surface area contributed by atoms with Crippen LogP contribution in [0.25, 0.3) is 21.5 Å². The van der Waals surface area contributed by atoms with Crippen LogP contribution in [0.1, 0.15) is 5.56 Å². The number of phenols is 2. The van der Waals surface area contributed by atoms with Gasteiger partial charge in [0.2, 0.25) is 16.5 Å². The van der Waals surface area contributed by atoms with Crippen LogP contribution >= 0.6 is 11.6 Å². The Hall–Kier alpha value is -5.64. The van der Waals surface area contributed by atoms with Crippen LogP contribution in [-0.2, 0) is 40.5 Å². The Balaban J connectivity index is 1.68. The maximum Gasteiger partial charge on any atom is 0.296 e. The molecule has 0 atom stereocenters. The first kappa shape index (κ1) is 40.0. The summed E-state index contributed by atoms with van der Waals surface area (Å²) in [6.45, 7) is 1.76. The zero-order valence-corrected chi connectivity index (χ0v) is 31.6. The van der Waals surface area contributed by atoms with E-state index in [-0.39, 0.29) is 16.5 Å². The molecule has 8 N–H and O–H groups in total. The second-order valence-corrected chi connectivity index (χ2v) is 17.4. The molecule has 6 aromatic rings. The first-order chi connectivity index (χ1) is 25.9. The van der Waals surface area contributed by atoms with Crippen LogP contribution in [0.3, 0.4) is 0 Å². The molecule has 292 valence electrons. The summed E-state index contributed by atoms with van der Waals surface area (Å²) < 4.78 is 138. The quantitative estimate of drug-likeness (QED) is 0.0781. The normalized spacial score (nSPS) is 13.7. The summed E-state index contributed by atoms with van der Waals surface area (Å²) in [5, 5.41) is 27.0. The number of aromatic hydroxyl groups is 2. The van der Waals surface area contributed by atoms with E-state index in [4.69, 9.17) is 11.6 Å². The van der Waals surface area contributed by atoms with Crippen LogP contribution in [0.5, 0.6) is 11.5 Å². The van der Waals surface area contributed by atoms with Crippen molar-refractivity contribution >= 4 is 96.4 Å². The first-order valence-electron chi connectivity index (χ1n) is 14.9. The van der Waals surface area contributed by atoms with E-state index in [9.17, 15) is 62.1 Å². The van der Waals surface area contributed by atoms with Crippen molar-refractivity contribution in [2.45, 2.75) is 26.5 Å². The number of nitrogens with one attached hydrogen (secondary N) is 2. The number of rotatable bonds is 8. The number of halogens is 1. The van der Waals surface area contributed by atoms with E-state index in [1.807, 2.05) is 0 Å². The van der Waals surface area contributed by atoms with Crippen LogP contribution in [-0.4, -0.2) is 77.0 Å². The lowest BCUT2D eigenvalue weighted by Crippen LogP contribution is -2.26. The third kappa shape index (κ3) is 8.01. The zero-order valence-electron chi connectivity index (χ0n) is 27.5. The first-order valence-corrected chi connectivity index (χ1v) is 21.0. The molecule has 0 aliphatic carbocycles. The van der Waals surface area contributed by atoms with Crippen LogP contribution < -0.4 is 11.2 Å². The van der Waals surface area contributed by atoms with Gasteiger partial charge in [-0.15, -0.1) is 10.2 Å². The molecule has 5 aromatic carbocycles. The Morgan fingerprint density at radius 2 is 1.29 bits per heavy atom. The summed E-state index contributed by atoms with van der Waals surface area (Å²) in [6.07, 6.45) is 0. The Morgan fingerprint density at radius 3 is 1.91 bits per heavy atom. The average Bonchev–Trinajstić information content (AvgIpc) is 3.07. The van der Waals surface area contributed by atoms with Crippen molar-refractivity contribution in [2.24, 2.45) is 20.2 Å². The largest absolute Gasteiger partial charge is 0.505 e. The monoisotopic (exact) mass is 867 g/mol. The Bertz CT molecular complexity index is 3310. The molecule has 6 rings (SSSR count). The average molecular weight is 868 g/mol. The van der Waals surface area contributed by atoms with E-state index in [0.717, 1.165) is 29.8 Å². The summed E-state index contributed by atoms with van der Waals surface area (Å²) >= 11 is 6.16. The molecule has 0 saturated carbocycles. The molecular formula is C30H22ClN7O14S4. The Kier molecular flexibility index (Phi) is 10.1. The van der Waals surface area contributed by atoms with Crippen molar-refractivity contribution in [3.63, 3.8) is 0 Å². The van der Waals surface area contributed by atoms with Crippen molar-refractivity contribution in [1.29, 1.82) is 0 Å². The van der Waals surface area contributed by atoms with Crippen molar-refractivity contribution in [3.05, 3.63) is 88.8 Å². The molecule has 0 fully saturated rings. The molecule has 0 saturated heterocycles. The summed E-state index contributed by atoms with van der Waals surface area (Å²) in [5.41, 5.74) is -1.88. The highest BCUT2D eigenvalue weighted by Gasteiger charge is 2.28. The van der Waals surface area contributed by atoms with Gasteiger partial charge in [0.1, 0.15) is 26.1 Å². The number of H-pyrrole nitrogens is 2. The molecule has 0 bridgehead atoms. The van der Waals surface area contributed by atoms with Crippen LogP contribution in [0, 0.1) is 6.92 Å². The number of benzene rings is 5. The molecule has 0 aliphatic heterocycles. The van der Waals surface area contributed by atoms with Crippen molar-refractivity contribution in [3.8, 4) is 11.5 Å². The molecule has 56 heavy (non-hydrogen) atoms. The van der Waals surface area contributed by atoms with E-state index >= 15 is 0 Å². The fourth-order valence-corrected chi connectivity index (χ4v) is 8.16. The fraction of sp³-hybridized carbons (Fsp3) is 0.0333. The molecule has 26 heteroatoms. The van der Waals surface area contributed by atoms with Gasteiger partial charge < -0.3 is 15.2 Å². The molecule has 1 heterocycles. The van der Waals surface area contributed by atoms with Gasteiger partial charge in [-0.05, 0) is 65.9 Å². The molecule has 1 aromatic heterocycles. The number of fused-ring (bicyclic) bond motifs is 2. The predicted molar refractivity (Wildman–Crippen MR) is 194 cm³/mol. The highest BCUT2D eigenvalue weighted by Crippen LogP contribution is 2.47. The second-order valence-electron chi connectivity index (χ2n) is 11.5. The lowest BCUT2D eigenvalue weighted by atomic mass is 10.1. The maximum absolute atomic E-state index is 12.6. The minimum Gasteiger partial charge on any atom is -0.505 e. The lowest BCUT2D eigenvalue weighted by molar-refractivity contribution is 0.471. The molecule has 0 amide bonds. The summed E-state index contributed by atoms with van der Waals surface area (Å²) in [4.78, 5) is 13.6. The number of para-hydroxylation sites is 1. The Morgan fingerprint density at radius 1 is 0.625 bits per heavy atom. The highest BCUT2D eigenvalue weighted by molar-refractivity contribution is 7.87. The fourth-order valence-electron chi connectivity index (χ4n) is 5.37. The minimum absolute atomic E-state index is 0.124. The smallest absolute Gasteiger partial charge is 0.296 e. The molecular weight excluding hydrogens is 846 g/mol. The van der Waals surface area contributed by atoms with Gasteiger partial charge in [-0.3, -0.25) is 23.2 Å². The highest BCUT2D eigenvalue weighted by atomic mass is 35.5. The van der Waals surface area contributed by atoms with Crippen molar-refractivity contribution in [1.82, 2.24) is 15.0 Å². The second kappa shape index (κ2) is 14.1. The molecule has 0 unspecified atom stereocenters. The summed E-state index contributed by atoms with van der Waals surface area (Å²) in [7, 11) is -20.9. The van der Waals surface area contributed by atoms with Gasteiger partial charge >= 0.3 is 0 Å². The summed E-state index contributed by atoms with van der Waals surface area (Å²) in [5.74, 6) is -2.36. The van der Waals surface area contributed by atoms with E-state index in [0.29, 0.717) is 23.9 Å². The number of aryl methyl sites for hydroxylation is 1.